The molecule has 6 nitrogen and oxygen atoms in total. The van der Waals surface area contributed by atoms with E-state index in [-0.39, 0.29) is 24.2 Å². The van der Waals surface area contributed by atoms with Crippen LogP contribution in [-0.2, 0) is 38.6 Å². The minimum absolute atomic E-state index is 0.0162. The third-order valence-electron chi connectivity index (χ3n) is 7.71. The van der Waals surface area contributed by atoms with Crippen molar-refractivity contribution >= 4 is 0 Å². The Hall–Kier alpha value is -2.74. The lowest BCUT2D eigenvalue weighted by atomic mass is 9.76. The summed E-state index contributed by atoms with van der Waals surface area (Å²) in [4.78, 5) is 0. The summed E-state index contributed by atoms with van der Waals surface area (Å²) in [5, 5.41) is 0. The first-order chi connectivity index (χ1) is 18.6. The van der Waals surface area contributed by atoms with E-state index in [2.05, 4.69) is 36.4 Å². The normalized spacial score (nSPS) is 22.3. The Kier molecular flexibility index (Phi) is 9.10. The summed E-state index contributed by atoms with van der Waals surface area (Å²) in [6.07, 6.45) is 2.75. The molecule has 4 atom stereocenters. The van der Waals surface area contributed by atoms with Crippen LogP contribution in [0.4, 0.5) is 0 Å². The number of hydrogen-bond acceptors (Lipinski definition) is 6. The quantitative estimate of drug-likeness (QED) is 0.373. The van der Waals surface area contributed by atoms with Gasteiger partial charge in [0.25, 0.3) is 0 Å². The molecule has 2 fully saturated rings. The van der Waals surface area contributed by atoms with Gasteiger partial charge in [-0.05, 0) is 41.7 Å². The Labute approximate surface area is 226 Å². The van der Waals surface area contributed by atoms with Crippen LogP contribution < -0.4 is 10.5 Å². The lowest BCUT2D eigenvalue weighted by Crippen LogP contribution is -2.53. The van der Waals surface area contributed by atoms with Gasteiger partial charge in [0, 0.05) is 24.8 Å². The number of benzene rings is 3. The molecular weight excluding hydrogens is 478 g/mol. The number of hydrogen-bond donors (Lipinski definition) is 1. The molecule has 1 aliphatic carbocycles. The monoisotopic (exact) mass is 517 g/mol. The molecule has 2 N–H and O–H groups in total. The zero-order chi connectivity index (χ0) is 26.2. The van der Waals surface area contributed by atoms with Crippen molar-refractivity contribution in [2.75, 3.05) is 20.3 Å². The maximum absolute atomic E-state index is 6.98. The highest BCUT2D eigenvalue weighted by Crippen LogP contribution is 2.43. The molecule has 202 valence electrons. The number of nitrogens with two attached hydrogens (primary N) is 1. The topological polar surface area (TPSA) is 72.2 Å². The Bertz CT molecular complexity index is 1100. The largest absolute Gasteiger partial charge is 0.497 e. The molecule has 1 heterocycles. The molecule has 1 spiro atoms. The third-order valence-corrected chi connectivity index (χ3v) is 7.71. The number of methoxy groups -OCH3 is 1. The van der Waals surface area contributed by atoms with Crippen molar-refractivity contribution in [3.8, 4) is 5.75 Å². The molecule has 0 unspecified atom stereocenters. The highest BCUT2D eigenvalue weighted by molar-refractivity contribution is 5.28. The minimum atomic E-state index is -0.578. The van der Waals surface area contributed by atoms with Crippen LogP contribution in [-0.4, -0.2) is 44.4 Å². The molecule has 3 aromatic rings. The molecule has 6 heteroatoms. The Morgan fingerprint density at radius 1 is 0.842 bits per heavy atom. The van der Waals surface area contributed by atoms with Crippen LogP contribution in [0.3, 0.4) is 0 Å². The van der Waals surface area contributed by atoms with Gasteiger partial charge in [0.1, 0.15) is 5.75 Å². The minimum Gasteiger partial charge on any atom is -0.497 e. The van der Waals surface area contributed by atoms with Crippen molar-refractivity contribution < 1.29 is 23.7 Å². The van der Waals surface area contributed by atoms with E-state index >= 15 is 0 Å². The van der Waals surface area contributed by atoms with Gasteiger partial charge in [0.2, 0.25) is 0 Å². The third kappa shape index (κ3) is 6.82. The van der Waals surface area contributed by atoms with Gasteiger partial charge < -0.3 is 29.4 Å². The van der Waals surface area contributed by atoms with Crippen LogP contribution in [0.5, 0.6) is 5.75 Å². The van der Waals surface area contributed by atoms with Gasteiger partial charge in [0.05, 0.1) is 45.7 Å². The summed E-state index contributed by atoms with van der Waals surface area (Å²) in [5.74, 6) is 0.270. The molecule has 0 amide bonds. The Morgan fingerprint density at radius 2 is 1.47 bits per heavy atom. The fraction of sp³-hybridized carbons (Fsp3) is 0.438. The molecule has 1 aliphatic heterocycles. The zero-order valence-electron chi connectivity index (χ0n) is 22.2. The summed E-state index contributed by atoms with van der Waals surface area (Å²) in [5.41, 5.74) is 10.4. The number of rotatable bonds is 11. The molecule has 0 radical (unpaired) electrons. The first-order valence-electron chi connectivity index (χ1n) is 13.6. The van der Waals surface area contributed by atoms with E-state index in [9.17, 15) is 0 Å². The van der Waals surface area contributed by atoms with Crippen LogP contribution in [0.25, 0.3) is 0 Å². The maximum Gasteiger partial charge on any atom is 0.169 e. The molecule has 0 bridgehead atoms. The van der Waals surface area contributed by atoms with Crippen molar-refractivity contribution in [3.05, 3.63) is 102 Å². The van der Waals surface area contributed by atoms with Crippen molar-refractivity contribution in [1.29, 1.82) is 0 Å². The predicted molar refractivity (Wildman–Crippen MR) is 147 cm³/mol. The smallest absolute Gasteiger partial charge is 0.169 e. The van der Waals surface area contributed by atoms with E-state index in [4.69, 9.17) is 29.4 Å². The molecule has 1 saturated heterocycles. The summed E-state index contributed by atoms with van der Waals surface area (Å²) in [6, 6.07) is 28.4. The molecule has 38 heavy (non-hydrogen) atoms. The van der Waals surface area contributed by atoms with Gasteiger partial charge in [-0.2, -0.15) is 0 Å². The maximum atomic E-state index is 6.98. The van der Waals surface area contributed by atoms with Gasteiger partial charge in [-0.3, -0.25) is 0 Å². The van der Waals surface area contributed by atoms with E-state index in [1.54, 1.807) is 7.11 Å². The lowest BCUT2D eigenvalue weighted by molar-refractivity contribution is -0.225. The van der Waals surface area contributed by atoms with Crippen LogP contribution in [0, 0.1) is 5.92 Å². The van der Waals surface area contributed by atoms with Gasteiger partial charge in [0.15, 0.2) is 5.79 Å². The SMILES string of the molecule is COc1ccc(C[C@H](N)[C@@H](OCc2ccccc2)[C@H]2CC3(CC[C@@H]2OCc2ccccc2)OCCO3)cc1. The first-order valence-corrected chi connectivity index (χ1v) is 13.6. The average molecular weight is 518 g/mol. The summed E-state index contributed by atoms with van der Waals surface area (Å²) in [6.45, 7) is 2.28. The van der Waals surface area contributed by atoms with Crippen molar-refractivity contribution in [2.24, 2.45) is 11.7 Å². The van der Waals surface area contributed by atoms with E-state index in [1.807, 2.05) is 48.5 Å². The molecule has 2 aliphatic rings. The fourth-order valence-electron chi connectivity index (χ4n) is 5.72. The second-order valence-electron chi connectivity index (χ2n) is 10.3. The van der Waals surface area contributed by atoms with Crippen LogP contribution >= 0.6 is 0 Å². The summed E-state index contributed by atoms with van der Waals surface area (Å²) < 4.78 is 31.0. The van der Waals surface area contributed by atoms with E-state index in [0.29, 0.717) is 39.3 Å². The van der Waals surface area contributed by atoms with Crippen LogP contribution in [0.2, 0.25) is 0 Å². The van der Waals surface area contributed by atoms with Crippen LogP contribution in [0.15, 0.2) is 84.9 Å². The zero-order valence-corrected chi connectivity index (χ0v) is 22.2. The highest BCUT2D eigenvalue weighted by Gasteiger charge is 2.49. The summed E-state index contributed by atoms with van der Waals surface area (Å²) >= 11 is 0. The van der Waals surface area contributed by atoms with Gasteiger partial charge in [-0.15, -0.1) is 0 Å². The van der Waals surface area contributed by atoms with Gasteiger partial charge in [-0.1, -0.05) is 72.8 Å². The molecule has 1 saturated carbocycles. The first kappa shape index (κ1) is 26.9. The predicted octanol–water partition coefficient (Wildman–Crippen LogP) is 5.28. The fourth-order valence-corrected chi connectivity index (χ4v) is 5.72. The van der Waals surface area contributed by atoms with Gasteiger partial charge in [-0.25, -0.2) is 0 Å². The van der Waals surface area contributed by atoms with Crippen molar-refractivity contribution in [1.82, 2.24) is 0 Å². The second-order valence-corrected chi connectivity index (χ2v) is 10.3. The van der Waals surface area contributed by atoms with E-state index in [1.165, 1.54) is 0 Å². The van der Waals surface area contributed by atoms with Gasteiger partial charge >= 0.3 is 0 Å². The molecule has 0 aromatic heterocycles. The Balaban J connectivity index is 1.38. The van der Waals surface area contributed by atoms with E-state index < -0.39 is 5.79 Å². The molecular formula is C32H39NO5. The summed E-state index contributed by atoms with van der Waals surface area (Å²) in [7, 11) is 1.68. The Morgan fingerprint density at radius 3 is 2.11 bits per heavy atom. The average Bonchev–Trinajstić information content (AvgIpc) is 3.42. The standard InChI is InChI=1S/C32H39NO5/c1-34-27-14-12-24(13-15-27)20-29(33)31(36-23-26-10-6-3-7-11-26)28-21-32(37-18-19-38-32)17-16-30(28)35-22-25-8-4-2-5-9-25/h2-15,28-31H,16-23,33H2,1H3/t28-,29-,30-,31-/m0/s1. The van der Waals surface area contributed by atoms with E-state index in [0.717, 1.165) is 35.3 Å². The van der Waals surface area contributed by atoms with Crippen molar-refractivity contribution in [2.45, 2.75) is 62.9 Å². The molecule has 3 aromatic carbocycles. The molecule has 5 rings (SSSR count). The lowest BCUT2D eigenvalue weighted by Gasteiger charge is -2.45. The number of ether oxygens (including phenoxy) is 5. The highest BCUT2D eigenvalue weighted by atomic mass is 16.7. The second kappa shape index (κ2) is 12.9. The van der Waals surface area contributed by atoms with Crippen molar-refractivity contribution in [3.63, 3.8) is 0 Å². The van der Waals surface area contributed by atoms with Crippen LogP contribution in [0.1, 0.15) is 36.0 Å².